The summed E-state index contributed by atoms with van der Waals surface area (Å²) >= 11 is 0. The van der Waals surface area contributed by atoms with Crippen molar-refractivity contribution in [3.8, 4) is 5.75 Å². The van der Waals surface area contributed by atoms with Gasteiger partial charge in [0, 0.05) is 18.1 Å². The van der Waals surface area contributed by atoms with E-state index in [1.165, 1.54) is 6.08 Å². The normalized spacial score (nSPS) is 14.3. The van der Waals surface area contributed by atoms with E-state index in [-0.39, 0.29) is 5.78 Å². The summed E-state index contributed by atoms with van der Waals surface area (Å²) in [5.74, 6) is 0.261. The van der Waals surface area contributed by atoms with Gasteiger partial charge in [-0.15, -0.1) is 0 Å². The maximum absolute atomic E-state index is 11.9. The molecule has 0 amide bonds. The fourth-order valence-corrected chi connectivity index (χ4v) is 2.06. The molecule has 4 nitrogen and oxygen atoms in total. The first kappa shape index (κ1) is 19.1. The number of hydrogen-bond donors (Lipinski definition) is 1. The zero-order chi connectivity index (χ0) is 17.1. The van der Waals surface area contributed by atoms with Gasteiger partial charge in [-0.2, -0.15) is 0 Å². The molecule has 0 spiro atoms. The Morgan fingerprint density at radius 1 is 1.30 bits per heavy atom. The van der Waals surface area contributed by atoms with Gasteiger partial charge in [0.1, 0.15) is 5.75 Å². The number of ketones is 1. The third-order valence-corrected chi connectivity index (χ3v) is 3.60. The van der Waals surface area contributed by atoms with E-state index in [9.17, 15) is 9.90 Å². The lowest BCUT2D eigenvalue weighted by molar-refractivity contribution is -0.121. The van der Waals surface area contributed by atoms with Crippen LogP contribution in [0.25, 0.3) is 0 Å². The lowest BCUT2D eigenvalue weighted by atomic mass is 9.97. The van der Waals surface area contributed by atoms with Gasteiger partial charge in [0.15, 0.2) is 5.78 Å². The van der Waals surface area contributed by atoms with E-state index in [1.54, 1.807) is 26.2 Å². The number of carbonyl (C=O) groups excluding carboxylic acids is 1. The van der Waals surface area contributed by atoms with E-state index in [4.69, 9.17) is 9.47 Å². The second kappa shape index (κ2) is 10.8. The summed E-state index contributed by atoms with van der Waals surface area (Å²) in [4.78, 5) is 11.9. The van der Waals surface area contributed by atoms with E-state index < -0.39 is 12.0 Å². The standard InChI is InChI=1S/C19H26O4/c1-4-5-6-10-17(20)15(2)18(21)12-13-23-14-16-9-7-8-11-19(16)22-3/h4-11,15,18,21H,12-14H2,1-3H3/b5-4+,10-6+/t15-,18-/m0/s1. The molecule has 0 aromatic heterocycles. The second-order valence-electron chi connectivity index (χ2n) is 5.30. The summed E-state index contributed by atoms with van der Waals surface area (Å²) in [5, 5.41) is 10.1. The van der Waals surface area contributed by atoms with Crippen molar-refractivity contribution in [1.82, 2.24) is 0 Å². The molecule has 0 heterocycles. The number of para-hydroxylation sites is 1. The van der Waals surface area contributed by atoms with Crippen molar-refractivity contribution in [2.24, 2.45) is 5.92 Å². The summed E-state index contributed by atoms with van der Waals surface area (Å²) in [6.45, 7) is 4.41. The first-order chi connectivity index (χ1) is 11.1. The van der Waals surface area contributed by atoms with E-state index in [2.05, 4.69) is 0 Å². The van der Waals surface area contributed by atoms with Crippen molar-refractivity contribution < 1.29 is 19.4 Å². The van der Waals surface area contributed by atoms with Gasteiger partial charge in [-0.1, -0.05) is 43.4 Å². The topological polar surface area (TPSA) is 55.8 Å². The van der Waals surface area contributed by atoms with Crippen molar-refractivity contribution in [2.75, 3.05) is 13.7 Å². The molecule has 0 saturated heterocycles. The fourth-order valence-electron chi connectivity index (χ4n) is 2.06. The van der Waals surface area contributed by atoms with Gasteiger partial charge in [0.05, 0.1) is 19.8 Å². The predicted molar refractivity (Wildman–Crippen MR) is 91.4 cm³/mol. The zero-order valence-corrected chi connectivity index (χ0v) is 14.1. The van der Waals surface area contributed by atoms with E-state index >= 15 is 0 Å². The highest BCUT2D eigenvalue weighted by Gasteiger charge is 2.19. The minimum absolute atomic E-state index is 0.0830. The molecule has 0 fully saturated rings. The molecule has 0 aliphatic carbocycles. The monoisotopic (exact) mass is 318 g/mol. The Morgan fingerprint density at radius 3 is 2.74 bits per heavy atom. The number of carbonyl (C=O) groups is 1. The quantitative estimate of drug-likeness (QED) is 0.408. The summed E-state index contributed by atoms with van der Waals surface area (Å²) in [7, 11) is 1.62. The Labute approximate surface area is 138 Å². The molecule has 23 heavy (non-hydrogen) atoms. The van der Waals surface area contributed by atoms with Crippen LogP contribution in [0, 0.1) is 5.92 Å². The van der Waals surface area contributed by atoms with Crippen molar-refractivity contribution >= 4 is 5.78 Å². The molecular formula is C19H26O4. The van der Waals surface area contributed by atoms with Gasteiger partial charge in [-0.05, 0) is 25.5 Å². The Bertz CT molecular complexity index is 534. The minimum atomic E-state index is -0.713. The van der Waals surface area contributed by atoms with E-state index in [0.29, 0.717) is 19.6 Å². The average molecular weight is 318 g/mol. The third kappa shape index (κ3) is 6.80. The van der Waals surface area contributed by atoms with Gasteiger partial charge in [0.2, 0.25) is 0 Å². The molecule has 0 radical (unpaired) electrons. The number of ether oxygens (including phenoxy) is 2. The molecule has 0 aliphatic rings. The number of aliphatic hydroxyl groups excluding tert-OH is 1. The maximum Gasteiger partial charge on any atom is 0.161 e. The Morgan fingerprint density at radius 2 is 2.04 bits per heavy atom. The van der Waals surface area contributed by atoms with Crippen LogP contribution in [0.15, 0.2) is 48.6 Å². The van der Waals surface area contributed by atoms with Crippen LogP contribution < -0.4 is 4.74 Å². The average Bonchev–Trinajstić information content (AvgIpc) is 2.58. The number of rotatable bonds is 10. The molecule has 1 aromatic carbocycles. The summed E-state index contributed by atoms with van der Waals surface area (Å²) in [6.07, 6.45) is 6.51. The molecule has 4 heteroatoms. The molecule has 0 saturated carbocycles. The summed E-state index contributed by atoms with van der Waals surface area (Å²) in [6, 6.07) is 7.65. The highest BCUT2D eigenvalue weighted by molar-refractivity contribution is 5.92. The highest BCUT2D eigenvalue weighted by atomic mass is 16.5. The first-order valence-corrected chi connectivity index (χ1v) is 7.81. The molecule has 1 aromatic rings. The smallest absolute Gasteiger partial charge is 0.161 e. The first-order valence-electron chi connectivity index (χ1n) is 7.81. The SMILES string of the molecule is C/C=C/C=C/C(=O)[C@H](C)[C@@H](O)CCOCc1ccccc1OC. The third-order valence-electron chi connectivity index (χ3n) is 3.60. The molecule has 2 atom stereocenters. The molecule has 0 unspecified atom stereocenters. The Balaban J connectivity index is 2.35. The Kier molecular flexibility index (Phi) is 8.95. The molecule has 1 N–H and O–H groups in total. The number of hydrogen-bond acceptors (Lipinski definition) is 4. The lowest BCUT2D eigenvalue weighted by Crippen LogP contribution is -2.25. The summed E-state index contributed by atoms with van der Waals surface area (Å²) in [5.41, 5.74) is 0.961. The van der Waals surface area contributed by atoms with Crippen molar-refractivity contribution in [3.63, 3.8) is 0 Å². The fraction of sp³-hybridized carbons (Fsp3) is 0.421. The van der Waals surface area contributed by atoms with Gasteiger partial charge in [0.25, 0.3) is 0 Å². The summed E-state index contributed by atoms with van der Waals surface area (Å²) < 4.78 is 10.8. The Hall–Kier alpha value is -1.91. The van der Waals surface area contributed by atoms with Gasteiger partial charge in [-0.3, -0.25) is 4.79 Å². The molecule has 126 valence electrons. The van der Waals surface area contributed by atoms with Crippen LogP contribution in [-0.4, -0.2) is 30.7 Å². The van der Waals surface area contributed by atoms with Crippen LogP contribution >= 0.6 is 0 Å². The van der Waals surface area contributed by atoms with Crippen molar-refractivity contribution in [1.29, 1.82) is 0 Å². The van der Waals surface area contributed by atoms with Gasteiger partial charge < -0.3 is 14.6 Å². The van der Waals surface area contributed by atoms with E-state index in [0.717, 1.165) is 11.3 Å². The van der Waals surface area contributed by atoms with Gasteiger partial charge in [-0.25, -0.2) is 0 Å². The molecular weight excluding hydrogens is 292 g/mol. The molecule has 0 aliphatic heterocycles. The molecule has 1 rings (SSSR count). The highest BCUT2D eigenvalue weighted by Crippen LogP contribution is 2.18. The lowest BCUT2D eigenvalue weighted by Gasteiger charge is -2.16. The number of methoxy groups -OCH3 is 1. The minimum Gasteiger partial charge on any atom is -0.496 e. The van der Waals surface area contributed by atoms with E-state index in [1.807, 2.05) is 37.3 Å². The van der Waals surface area contributed by atoms with Crippen LogP contribution in [0.2, 0.25) is 0 Å². The number of allylic oxidation sites excluding steroid dienone is 4. The van der Waals surface area contributed by atoms with Gasteiger partial charge >= 0.3 is 0 Å². The van der Waals surface area contributed by atoms with Crippen LogP contribution in [0.4, 0.5) is 0 Å². The van der Waals surface area contributed by atoms with Crippen LogP contribution in [0.1, 0.15) is 25.8 Å². The van der Waals surface area contributed by atoms with Crippen LogP contribution in [0.5, 0.6) is 5.75 Å². The number of aliphatic hydroxyl groups is 1. The van der Waals surface area contributed by atoms with Crippen molar-refractivity contribution in [2.45, 2.75) is 33.0 Å². The number of benzene rings is 1. The maximum atomic E-state index is 11.9. The molecule has 0 bridgehead atoms. The van der Waals surface area contributed by atoms with Crippen LogP contribution in [0.3, 0.4) is 0 Å². The largest absolute Gasteiger partial charge is 0.496 e. The van der Waals surface area contributed by atoms with Crippen LogP contribution in [-0.2, 0) is 16.1 Å². The predicted octanol–water partition coefficient (Wildman–Crippen LogP) is 3.30. The zero-order valence-electron chi connectivity index (χ0n) is 14.1. The second-order valence-corrected chi connectivity index (χ2v) is 5.30. The van der Waals surface area contributed by atoms with Crippen molar-refractivity contribution in [3.05, 3.63) is 54.1 Å².